The standard InChI is InChI=1S/C19H25N3O3/c1-19(2,3)25-18(24)10-9-17(23)21-11-12-22-14-20-13-16(22)15-7-5-4-6-8-15/h4-8,13-14H,9-12H2,1-3H3,(H,21,23). The number of rotatable bonds is 7. The fraction of sp³-hybridized carbons (Fsp3) is 0.421. The monoisotopic (exact) mass is 343 g/mol. The van der Waals surface area contributed by atoms with Crippen LogP contribution in [0.3, 0.4) is 0 Å². The Hall–Kier alpha value is -2.63. The third kappa shape index (κ3) is 6.41. The predicted molar refractivity (Wildman–Crippen MR) is 95.8 cm³/mol. The second-order valence-electron chi connectivity index (χ2n) is 6.77. The van der Waals surface area contributed by atoms with Gasteiger partial charge in [0.15, 0.2) is 0 Å². The Bertz CT molecular complexity index is 702. The first-order chi connectivity index (χ1) is 11.8. The van der Waals surface area contributed by atoms with Crippen LogP contribution in [0.4, 0.5) is 0 Å². The zero-order valence-electron chi connectivity index (χ0n) is 15.0. The van der Waals surface area contributed by atoms with Crippen molar-refractivity contribution in [1.29, 1.82) is 0 Å². The minimum Gasteiger partial charge on any atom is -0.460 e. The van der Waals surface area contributed by atoms with Crippen molar-refractivity contribution in [2.75, 3.05) is 6.54 Å². The van der Waals surface area contributed by atoms with Crippen molar-refractivity contribution in [3.63, 3.8) is 0 Å². The number of carbonyl (C=O) groups excluding carboxylic acids is 2. The maximum Gasteiger partial charge on any atom is 0.306 e. The molecule has 1 aromatic heterocycles. The van der Waals surface area contributed by atoms with Crippen LogP contribution in [0.1, 0.15) is 33.6 Å². The first kappa shape index (κ1) is 18.7. The largest absolute Gasteiger partial charge is 0.460 e. The summed E-state index contributed by atoms with van der Waals surface area (Å²) < 4.78 is 7.17. The molecule has 2 aromatic rings. The van der Waals surface area contributed by atoms with Gasteiger partial charge < -0.3 is 14.6 Å². The molecule has 0 aliphatic heterocycles. The number of carbonyl (C=O) groups is 2. The third-order valence-corrected chi connectivity index (χ3v) is 3.43. The molecule has 1 N–H and O–H groups in total. The summed E-state index contributed by atoms with van der Waals surface area (Å²) in [5, 5.41) is 2.82. The van der Waals surface area contributed by atoms with Crippen molar-refractivity contribution in [3.05, 3.63) is 42.9 Å². The highest BCUT2D eigenvalue weighted by molar-refractivity contribution is 5.81. The average Bonchev–Trinajstić information content (AvgIpc) is 3.01. The fourth-order valence-electron chi connectivity index (χ4n) is 2.36. The molecule has 1 heterocycles. The van der Waals surface area contributed by atoms with Crippen LogP contribution < -0.4 is 5.32 Å². The van der Waals surface area contributed by atoms with Crippen molar-refractivity contribution in [2.45, 2.75) is 45.8 Å². The Labute approximate surface area is 148 Å². The number of ether oxygens (including phenoxy) is 1. The van der Waals surface area contributed by atoms with Gasteiger partial charge in [-0.1, -0.05) is 30.3 Å². The van der Waals surface area contributed by atoms with E-state index in [1.807, 2.05) is 34.9 Å². The lowest BCUT2D eigenvalue weighted by atomic mass is 10.2. The molecule has 0 aliphatic carbocycles. The van der Waals surface area contributed by atoms with Crippen LogP contribution in [0.25, 0.3) is 11.3 Å². The molecule has 1 amide bonds. The number of hydrogen-bond acceptors (Lipinski definition) is 4. The van der Waals surface area contributed by atoms with E-state index in [0.29, 0.717) is 13.1 Å². The molecular formula is C19H25N3O3. The van der Waals surface area contributed by atoms with Crippen LogP contribution in [0.15, 0.2) is 42.9 Å². The molecule has 0 unspecified atom stereocenters. The highest BCUT2D eigenvalue weighted by atomic mass is 16.6. The second kappa shape index (κ2) is 8.46. The lowest BCUT2D eigenvalue weighted by Crippen LogP contribution is -2.29. The van der Waals surface area contributed by atoms with Gasteiger partial charge in [-0.25, -0.2) is 4.98 Å². The zero-order valence-corrected chi connectivity index (χ0v) is 15.0. The highest BCUT2D eigenvalue weighted by Crippen LogP contribution is 2.17. The van der Waals surface area contributed by atoms with Crippen LogP contribution in [-0.2, 0) is 20.9 Å². The van der Waals surface area contributed by atoms with Crippen molar-refractivity contribution < 1.29 is 14.3 Å². The second-order valence-corrected chi connectivity index (χ2v) is 6.77. The van der Waals surface area contributed by atoms with Crippen molar-refractivity contribution in [1.82, 2.24) is 14.9 Å². The Morgan fingerprint density at radius 1 is 1.16 bits per heavy atom. The maximum absolute atomic E-state index is 11.9. The van der Waals surface area contributed by atoms with E-state index in [1.54, 1.807) is 33.3 Å². The summed E-state index contributed by atoms with van der Waals surface area (Å²) in [6.07, 6.45) is 3.77. The number of amides is 1. The first-order valence-corrected chi connectivity index (χ1v) is 8.39. The molecule has 2 rings (SSSR count). The smallest absolute Gasteiger partial charge is 0.306 e. The van der Waals surface area contributed by atoms with E-state index in [9.17, 15) is 9.59 Å². The molecule has 0 saturated carbocycles. The average molecular weight is 343 g/mol. The number of nitrogens with one attached hydrogen (secondary N) is 1. The maximum atomic E-state index is 11.9. The topological polar surface area (TPSA) is 73.2 Å². The molecule has 0 fully saturated rings. The molecule has 6 nitrogen and oxygen atoms in total. The number of hydrogen-bond donors (Lipinski definition) is 1. The summed E-state index contributed by atoms with van der Waals surface area (Å²) in [5.74, 6) is -0.518. The summed E-state index contributed by atoms with van der Waals surface area (Å²) in [5.41, 5.74) is 1.56. The SMILES string of the molecule is CC(C)(C)OC(=O)CCC(=O)NCCn1cncc1-c1ccccc1. The van der Waals surface area contributed by atoms with E-state index >= 15 is 0 Å². The lowest BCUT2D eigenvalue weighted by Gasteiger charge is -2.19. The molecule has 0 aliphatic rings. The summed E-state index contributed by atoms with van der Waals surface area (Å²) in [6.45, 7) is 6.51. The van der Waals surface area contributed by atoms with Gasteiger partial charge in [-0.3, -0.25) is 9.59 Å². The van der Waals surface area contributed by atoms with Crippen molar-refractivity contribution in [2.24, 2.45) is 0 Å². The van der Waals surface area contributed by atoms with Gasteiger partial charge >= 0.3 is 5.97 Å². The summed E-state index contributed by atoms with van der Waals surface area (Å²) in [4.78, 5) is 27.6. The van der Waals surface area contributed by atoms with Gasteiger partial charge in [0, 0.05) is 19.5 Å². The van der Waals surface area contributed by atoms with Gasteiger partial charge in [-0.05, 0) is 26.3 Å². The van der Waals surface area contributed by atoms with Gasteiger partial charge in [-0.2, -0.15) is 0 Å². The lowest BCUT2D eigenvalue weighted by molar-refractivity contribution is -0.155. The van der Waals surface area contributed by atoms with Gasteiger partial charge in [0.25, 0.3) is 0 Å². The molecule has 0 bridgehead atoms. The Balaban J connectivity index is 1.75. The molecule has 0 radical (unpaired) electrons. The quantitative estimate of drug-likeness (QED) is 0.785. The van der Waals surface area contributed by atoms with Crippen LogP contribution in [0.5, 0.6) is 0 Å². The summed E-state index contributed by atoms with van der Waals surface area (Å²) >= 11 is 0. The fourth-order valence-corrected chi connectivity index (χ4v) is 2.36. The van der Waals surface area contributed by atoms with E-state index in [2.05, 4.69) is 10.3 Å². The number of benzene rings is 1. The number of imidazole rings is 1. The van der Waals surface area contributed by atoms with E-state index in [0.717, 1.165) is 11.3 Å². The Morgan fingerprint density at radius 2 is 1.88 bits per heavy atom. The molecule has 6 heteroatoms. The van der Waals surface area contributed by atoms with Crippen molar-refractivity contribution in [3.8, 4) is 11.3 Å². The van der Waals surface area contributed by atoms with E-state index < -0.39 is 5.60 Å². The molecule has 25 heavy (non-hydrogen) atoms. The molecule has 134 valence electrons. The Morgan fingerprint density at radius 3 is 2.56 bits per heavy atom. The Kier molecular flexibility index (Phi) is 6.33. The minimum absolute atomic E-state index is 0.0868. The van der Waals surface area contributed by atoms with Gasteiger partial charge in [0.1, 0.15) is 5.60 Å². The van der Waals surface area contributed by atoms with Crippen LogP contribution >= 0.6 is 0 Å². The summed E-state index contributed by atoms with van der Waals surface area (Å²) in [7, 11) is 0. The first-order valence-electron chi connectivity index (χ1n) is 8.39. The molecular weight excluding hydrogens is 318 g/mol. The normalized spacial score (nSPS) is 11.2. The van der Waals surface area contributed by atoms with Crippen LogP contribution in [0, 0.1) is 0 Å². The molecule has 0 spiro atoms. The van der Waals surface area contributed by atoms with E-state index in [4.69, 9.17) is 4.74 Å². The highest BCUT2D eigenvalue weighted by Gasteiger charge is 2.17. The summed E-state index contributed by atoms with van der Waals surface area (Å²) in [6, 6.07) is 9.96. The zero-order chi connectivity index (χ0) is 18.3. The number of esters is 1. The van der Waals surface area contributed by atoms with Gasteiger partial charge in [-0.15, -0.1) is 0 Å². The molecule has 0 saturated heterocycles. The molecule has 0 atom stereocenters. The minimum atomic E-state index is -0.525. The third-order valence-electron chi connectivity index (χ3n) is 3.43. The van der Waals surface area contributed by atoms with Crippen LogP contribution in [0.2, 0.25) is 0 Å². The van der Waals surface area contributed by atoms with Crippen molar-refractivity contribution >= 4 is 11.9 Å². The predicted octanol–water partition coefficient (Wildman–Crippen LogP) is 2.79. The van der Waals surface area contributed by atoms with Crippen LogP contribution in [-0.4, -0.2) is 33.6 Å². The van der Waals surface area contributed by atoms with E-state index in [-0.39, 0.29) is 24.7 Å². The van der Waals surface area contributed by atoms with E-state index in [1.165, 1.54) is 0 Å². The number of aromatic nitrogens is 2. The van der Waals surface area contributed by atoms with Gasteiger partial charge in [0.05, 0.1) is 24.6 Å². The van der Waals surface area contributed by atoms with Gasteiger partial charge in [0.2, 0.25) is 5.91 Å². The molecule has 1 aromatic carbocycles. The number of nitrogens with zero attached hydrogens (tertiary/aromatic N) is 2.